The molecule has 0 spiro atoms. The molecule has 0 fully saturated rings. The Kier molecular flexibility index (Phi) is 4.27. The van der Waals surface area contributed by atoms with Gasteiger partial charge in [-0.3, -0.25) is 0 Å². The average Bonchev–Trinajstić information content (AvgIpc) is 2.27. The zero-order valence-corrected chi connectivity index (χ0v) is 9.65. The molecule has 1 aromatic rings. The molecular formula is C11H11F3N2O2. The van der Waals surface area contributed by atoms with Crippen molar-refractivity contribution in [1.82, 2.24) is 4.98 Å². The van der Waals surface area contributed by atoms with E-state index in [9.17, 15) is 23.4 Å². The second kappa shape index (κ2) is 5.33. The van der Waals surface area contributed by atoms with Crippen LogP contribution in [-0.4, -0.2) is 27.4 Å². The molecule has 0 saturated heterocycles. The molecule has 7 heteroatoms. The molecule has 4 nitrogen and oxygen atoms in total. The van der Waals surface area contributed by atoms with Crippen molar-refractivity contribution in [3.63, 3.8) is 0 Å². The summed E-state index contributed by atoms with van der Waals surface area (Å²) < 4.78 is 40.4. The monoisotopic (exact) mass is 260 g/mol. The summed E-state index contributed by atoms with van der Waals surface area (Å²) >= 11 is 0. The minimum absolute atomic E-state index is 0.871. The molecule has 18 heavy (non-hydrogen) atoms. The number of aliphatic hydroxyl groups is 2. The molecule has 1 aromatic heterocycles. The predicted octanol–water partition coefficient (Wildman–Crippen LogP) is 1.22. The van der Waals surface area contributed by atoms with Gasteiger partial charge in [0, 0.05) is 11.5 Å². The molecule has 0 radical (unpaired) electrons. The Labute approximate surface area is 101 Å². The topological polar surface area (TPSA) is 77.1 Å². The largest absolute Gasteiger partial charge is 0.393 e. The summed E-state index contributed by atoms with van der Waals surface area (Å²) in [4.78, 5) is 2.81. The number of nitrogens with zero attached hydrogens (tertiary/aromatic N) is 2. The molecule has 0 aliphatic heterocycles. The van der Waals surface area contributed by atoms with Crippen LogP contribution in [0.25, 0.3) is 0 Å². The Morgan fingerprint density at radius 3 is 2.00 bits per heavy atom. The van der Waals surface area contributed by atoms with Gasteiger partial charge in [-0.05, 0) is 13.8 Å². The van der Waals surface area contributed by atoms with Crippen LogP contribution in [0.15, 0.2) is 0 Å². The van der Waals surface area contributed by atoms with Gasteiger partial charge in [0.25, 0.3) is 5.95 Å². The van der Waals surface area contributed by atoms with E-state index in [2.05, 4.69) is 4.98 Å². The van der Waals surface area contributed by atoms with E-state index in [1.54, 1.807) is 0 Å². The molecule has 1 rings (SSSR count). The highest BCUT2D eigenvalue weighted by Gasteiger charge is 2.32. The molecular weight excluding hydrogens is 249 g/mol. The maximum atomic E-state index is 13.8. The van der Waals surface area contributed by atoms with E-state index in [1.807, 2.05) is 0 Å². The highest BCUT2D eigenvalue weighted by atomic mass is 19.2. The smallest absolute Gasteiger partial charge is 0.250 e. The summed E-state index contributed by atoms with van der Waals surface area (Å²) in [6, 6.07) is 1.28. The molecule has 2 atom stereocenters. The lowest BCUT2D eigenvalue weighted by molar-refractivity contribution is 0.0688. The Morgan fingerprint density at radius 2 is 1.61 bits per heavy atom. The lowest BCUT2D eigenvalue weighted by Gasteiger charge is -2.24. The molecule has 0 saturated carbocycles. The van der Waals surface area contributed by atoms with Crippen molar-refractivity contribution in [2.24, 2.45) is 0 Å². The number of rotatable bonds is 3. The lowest BCUT2D eigenvalue weighted by Crippen LogP contribution is -2.28. The Bertz CT molecular complexity index is 490. The quantitative estimate of drug-likeness (QED) is 0.801. The number of pyridine rings is 1. The van der Waals surface area contributed by atoms with Crippen LogP contribution in [0.1, 0.15) is 31.0 Å². The van der Waals surface area contributed by atoms with Crippen molar-refractivity contribution in [2.75, 3.05) is 0 Å². The van der Waals surface area contributed by atoms with Crippen LogP contribution >= 0.6 is 0 Å². The summed E-state index contributed by atoms with van der Waals surface area (Å²) in [5.74, 6) is -6.02. The average molecular weight is 260 g/mol. The van der Waals surface area contributed by atoms with Crippen molar-refractivity contribution < 1.29 is 23.4 Å². The highest BCUT2D eigenvalue weighted by molar-refractivity contribution is 5.33. The van der Waals surface area contributed by atoms with Gasteiger partial charge in [0.15, 0.2) is 17.3 Å². The zero-order chi connectivity index (χ0) is 14.0. The predicted molar refractivity (Wildman–Crippen MR) is 54.9 cm³/mol. The van der Waals surface area contributed by atoms with Crippen LogP contribution in [0.4, 0.5) is 13.2 Å². The molecule has 0 aliphatic carbocycles. The van der Waals surface area contributed by atoms with Crippen molar-refractivity contribution in [1.29, 1.82) is 5.26 Å². The van der Waals surface area contributed by atoms with Crippen molar-refractivity contribution >= 4 is 0 Å². The number of nitriles is 1. The number of aromatic nitrogens is 1. The Hall–Kier alpha value is -1.65. The van der Waals surface area contributed by atoms with Crippen LogP contribution in [-0.2, 0) is 0 Å². The van der Waals surface area contributed by atoms with Gasteiger partial charge in [-0.2, -0.15) is 9.65 Å². The van der Waals surface area contributed by atoms with Crippen molar-refractivity contribution in [3.8, 4) is 6.07 Å². The highest BCUT2D eigenvalue weighted by Crippen LogP contribution is 2.30. The molecule has 0 bridgehead atoms. The third-order valence-electron chi connectivity index (χ3n) is 2.55. The molecule has 0 aliphatic rings. The minimum Gasteiger partial charge on any atom is -0.393 e. The number of halogens is 3. The fourth-order valence-electron chi connectivity index (χ4n) is 1.78. The first-order chi connectivity index (χ1) is 8.31. The number of aliphatic hydroxyl groups excluding tert-OH is 2. The fraction of sp³-hybridized carbons (Fsp3) is 0.455. The normalized spacial score (nSPS) is 15.9. The van der Waals surface area contributed by atoms with E-state index in [4.69, 9.17) is 5.26 Å². The first-order valence-corrected chi connectivity index (χ1v) is 5.11. The van der Waals surface area contributed by atoms with Crippen LogP contribution in [0.5, 0.6) is 0 Å². The maximum absolute atomic E-state index is 13.8. The summed E-state index contributed by atoms with van der Waals surface area (Å²) in [7, 11) is 0. The second-order valence-electron chi connectivity index (χ2n) is 3.91. The summed E-state index contributed by atoms with van der Waals surface area (Å²) in [5.41, 5.74) is -1.79. The minimum atomic E-state index is -1.64. The van der Waals surface area contributed by atoms with E-state index in [1.165, 1.54) is 19.9 Å². The summed E-state index contributed by atoms with van der Waals surface area (Å²) in [5, 5.41) is 27.4. The van der Waals surface area contributed by atoms with E-state index >= 15 is 0 Å². The molecule has 98 valence electrons. The van der Waals surface area contributed by atoms with Gasteiger partial charge in [0.05, 0.1) is 12.2 Å². The molecule has 2 unspecified atom stereocenters. The van der Waals surface area contributed by atoms with Gasteiger partial charge in [0.2, 0.25) is 0 Å². The summed E-state index contributed by atoms with van der Waals surface area (Å²) in [6.45, 7) is 2.39. The van der Waals surface area contributed by atoms with Crippen molar-refractivity contribution in [3.05, 3.63) is 28.8 Å². The van der Waals surface area contributed by atoms with E-state index in [0.717, 1.165) is 0 Å². The SMILES string of the molecule is CC(O)C(c1c(F)c(F)nc(C#N)c1F)C(C)O. The standard InChI is InChI=1S/C11H11F3N2O2/c1-4(17)7(5(2)18)8-9(12)6(3-15)16-11(14)10(8)13/h4-5,7,17-18H,1-2H3. The van der Waals surface area contributed by atoms with Crippen LogP contribution < -0.4 is 0 Å². The first kappa shape index (κ1) is 14.4. The van der Waals surface area contributed by atoms with Crippen LogP contribution in [0.2, 0.25) is 0 Å². The molecule has 2 N–H and O–H groups in total. The fourth-order valence-corrected chi connectivity index (χ4v) is 1.78. The van der Waals surface area contributed by atoms with Crippen LogP contribution in [0, 0.1) is 28.9 Å². The number of hydrogen-bond acceptors (Lipinski definition) is 4. The lowest BCUT2D eigenvalue weighted by atomic mass is 9.89. The third kappa shape index (κ3) is 2.44. The van der Waals surface area contributed by atoms with Crippen LogP contribution in [0.3, 0.4) is 0 Å². The zero-order valence-electron chi connectivity index (χ0n) is 9.65. The van der Waals surface area contributed by atoms with E-state index in [0.29, 0.717) is 0 Å². The number of hydrogen-bond donors (Lipinski definition) is 2. The van der Waals surface area contributed by atoms with E-state index < -0.39 is 47.0 Å². The maximum Gasteiger partial charge on any atom is 0.250 e. The van der Waals surface area contributed by atoms with Gasteiger partial charge < -0.3 is 10.2 Å². The van der Waals surface area contributed by atoms with Gasteiger partial charge in [-0.1, -0.05) is 0 Å². The summed E-state index contributed by atoms with van der Waals surface area (Å²) in [6.07, 6.45) is -2.66. The van der Waals surface area contributed by atoms with E-state index in [-0.39, 0.29) is 0 Å². The van der Waals surface area contributed by atoms with Gasteiger partial charge in [0.1, 0.15) is 6.07 Å². The Balaban J connectivity index is 3.57. The van der Waals surface area contributed by atoms with Gasteiger partial charge in [-0.15, -0.1) is 0 Å². The van der Waals surface area contributed by atoms with Crippen molar-refractivity contribution in [2.45, 2.75) is 32.0 Å². The molecule has 0 aromatic carbocycles. The Morgan fingerprint density at radius 1 is 1.11 bits per heavy atom. The van der Waals surface area contributed by atoms with Gasteiger partial charge >= 0.3 is 0 Å². The molecule has 0 amide bonds. The molecule has 1 heterocycles. The second-order valence-corrected chi connectivity index (χ2v) is 3.91. The first-order valence-electron chi connectivity index (χ1n) is 5.11. The third-order valence-corrected chi connectivity index (χ3v) is 2.55. The van der Waals surface area contributed by atoms with Gasteiger partial charge in [-0.25, -0.2) is 13.8 Å².